The van der Waals surface area contributed by atoms with Crippen LogP contribution in [0.25, 0.3) is 10.9 Å². The Kier molecular flexibility index (Phi) is 5.79. The highest BCUT2D eigenvalue weighted by molar-refractivity contribution is 6.11. The first-order chi connectivity index (χ1) is 14.2. The maximum Gasteiger partial charge on any atom is 0.307 e. The lowest BCUT2D eigenvalue weighted by molar-refractivity contribution is -0.148. The molecule has 1 aromatic heterocycles. The lowest BCUT2D eigenvalue weighted by Gasteiger charge is -2.18. The number of nitrogens with one attached hydrogen (secondary N) is 1. The van der Waals surface area contributed by atoms with Crippen LogP contribution in [0.2, 0.25) is 0 Å². The largest absolute Gasteiger partial charge is 0.449 e. The first kappa shape index (κ1) is 19.4. The van der Waals surface area contributed by atoms with E-state index in [1.165, 1.54) is 12.8 Å². The lowest BCUT2D eigenvalue weighted by atomic mass is 9.98. The molecular weight excluding hydrogens is 362 g/mol. The number of aromatic amines is 1. The Bertz CT molecular complexity index is 999. The molecule has 1 atom stereocenters. The van der Waals surface area contributed by atoms with E-state index in [0.29, 0.717) is 23.5 Å². The van der Waals surface area contributed by atoms with E-state index < -0.39 is 6.10 Å². The molecule has 0 radical (unpaired) electrons. The highest BCUT2D eigenvalue weighted by atomic mass is 16.5. The number of Topliss-reactive ketones (excluding diaryl/α,β-unsaturated/α-hetero) is 1. The number of rotatable bonds is 7. The number of para-hydroxylation sites is 1. The van der Waals surface area contributed by atoms with Gasteiger partial charge < -0.3 is 9.72 Å². The predicted octanol–water partition coefficient (Wildman–Crippen LogP) is 5.78. The highest BCUT2D eigenvalue weighted by Crippen LogP contribution is 2.31. The van der Waals surface area contributed by atoms with Gasteiger partial charge in [0.15, 0.2) is 6.10 Å². The van der Waals surface area contributed by atoms with Crippen LogP contribution < -0.4 is 0 Å². The van der Waals surface area contributed by atoms with Crippen LogP contribution in [-0.4, -0.2) is 16.7 Å². The van der Waals surface area contributed by atoms with E-state index in [9.17, 15) is 9.59 Å². The fourth-order valence-corrected chi connectivity index (χ4v) is 4.39. The van der Waals surface area contributed by atoms with E-state index in [1.807, 2.05) is 42.5 Å². The predicted molar refractivity (Wildman–Crippen MR) is 114 cm³/mol. The van der Waals surface area contributed by atoms with Gasteiger partial charge in [0, 0.05) is 34.6 Å². The number of esters is 1. The van der Waals surface area contributed by atoms with E-state index in [1.54, 1.807) is 6.20 Å². The minimum Gasteiger partial charge on any atom is -0.449 e. The molecule has 0 saturated heterocycles. The molecule has 0 amide bonds. The molecule has 0 unspecified atom stereocenters. The average Bonchev–Trinajstić information content (AvgIpc) is 3.41. The minimum absolute atomic E-state index is 0.185. The van der Waals surface area contributed by atoms with E-state index in [4.69, 9.17) is 4.74 Å². The third-order valence-electron chi connectivity index (χ3n) is 5.97. The Balaban J connectivity index is 1.64. The van der Waals surface area contributed by atoms with Gasteiger partial charge in [-0.15, -0.1) is 0 Å². The summed E-state index contributed by atoms with van der Waals surface area (Å²) in [6, 6.07) is 15.3. The molecular formula is C25H27NO3. The zero-order chi connectivity index (χ0) is 20.2. The summed E-state index contributed by atoms with van der Waals surface area (Å²) >= 11 is 0. The summed E-state index contributed by atoms with van der Waals surface area (Å²) in [4.78, 5) is 29.4. The molecule has 4 nitrogen and oxygen atoms in total. The number of aryl methyl sites for hydroxylation is 1. The first-order valence-electron chi connectivity index (χ1n) is 10.5. The summed E-state index contributed by atoms with van der Waals surface area (Å²) in [7, 11) is 0. The number of ether oxygens (including phenoxy) is 1. The standard InChI is InChI=1S/C25H27NO3/c1-2-18-13-8-14-20-21(16-26-23(18)20)24(28)25(19-11-4-3-5-12-19)29-22(27)15-17-9-6-7-10-17/h3-5,8,11-14,16-17,25-26H,2,6-7,9-10,15H2,1H3/t25-/m0/s1. The van der Waals surface area contributed by atoms with Gasteiger partial charge in [0.2, 0.25) is 5.78 Å². The average molecular weight is 389 g/mol. The molecule has 3 aromatic rings. The maximum atomic E-state index is 13.5. The molecule has 29 heavy (non-hydrogen) atoms. The van der Waals surface area contributed by atoms with Crippen LogP contribution in [0, 0.1) is 5.92 Å². The van der Waals surface area contributed by atoms with Gasteiger partial charge in [-0.3, -0.25) is 9.59 Å². The van der Waals surface area contributed by atoms with Gasteiger partial charge in [-0.2, -0.15) is 0 Å². The minimum atomic E-state index is -0.922. The molecule has 1 fully saturated rings. The smallest absolute Gasteiger partial charge is 0.307 e. The molecule has 4 heteroatoms. The number of aromatic nitrogens is 1. The van der Waals surface area contributed by atoms with Crippen molar-refractivity contribution in [2.75, 3.05) is 0 Å². The molecule has 0 aliphatic heterocycles. The van der Waals surface area contributed by atoms with Crippen LogP contribution in [0.15, 0.2) is 54.7 Å². The molecule has 1 aliphatic carbocycles. The number of ketones is 1. The van der Waals surface area contributed by atoms with Crippen LogP contribution in [-0.2, 0) is 16.0 Å². The van der Waals surface area contributed by atoms with E-state index in [2.05, 4.69) is 18.0 Å². The summed E-state index contributed by atoms with van der Waals surface area (Å²) in [5.41, 5.74) is 3.41. The van der Waals surface area contributed by atoms with E-state index in [0.717, 1.165) is 35.7 Å². The van der Waals surface area contributed by atoms with E-state index >= 15 is 0 Å². The van der Waals surface area contributed by atoms with Crippen LogP contribution in [0.3, 0.4) is 0 Å². The van der Waals surface area contributed by atoms with Gasteiger partial charge in [0.1, 0.15) is 0 Å². The number of carbonyl (C=O) groups is 2. The van der Waals surface area contributed by atoms with Gasteiger partial charge in [0.25, 0.3) is 0 Å². The summed E-state index contributed by atoms with van der Waals surface area (Å²) in [6.07, 6.45) is 6.58. The monoisotopic (exact) mass is 389 g/mol. The van der Waals surface area contributed by atoms with Crippen molar-refractivity contribution in [3.8, 4) is 0 Å². The Labute approximate surface area is 171 Å². The second kappa shape index (κ2) is 8.64. The Hall–Kier alpha value is -2.88. The zero-order valence-electron chi connectivity index (χ0n) is 16.8. The van der Waals surface area contributed by atoms with Gasteiger partial charge >= 0.3 is 5.97 Å². The fraction of sp³-hybridized carbons (Fsp3) is 0.360. The fourth-order valence-electron chi connectivity index (χ4n) is 4.39. The summed E-state index contributed by atoms with van der Waals surface area (Å²) in [5.74, 6) is -0.0853. The molecule has 1 aliphatic rings. The topological polar surface area (TPSA) is 59.2 Å². The van der Waals surface area contributed by atoms with Crippen molar-refractivity contribution >= 4 is 22.7 Å². The second-order valence-electron chi connectivity index (χ2n) is 7.90. The van der Waals surface area contributed by atoms with Crippen LogP contribution in [0.1, 0.15) is 66.6 Å². The normalized spacial score (nSPS) is 15.5. The number of benzene rings is 2. The van der Waals surface area contributed by atoms with E-state index in [-0.39, 0.29) is 11.8 Å². The zero-order valence-corrected chi connectivity index (χ0v) is 16.8. The molecule has 0 spiro atoms. The molecule has 0 bridgehead atoms. The molecule has 2 aromatic carbocycles. The van der Waals surface area contributed by atoms with Crippen LogP contribution in [0.4, 0.5) is 0 Å². The summed E-state index contributed by atoms with van der Waals surface area (Å²) in [6.45, 7) is 2.09. The van der Waals surface area contributed by atoms with Crippen molar-refractivity contribution in [2.24, 2.45) is 5.92 Å². The first-order valence-corrected chi connectivity index (χ1v) is 10.5. The summed E-state index contributed by atoms with van der Waals surface area (Å²) in [5, 5.41) is 0.877. The number of carbonyl (C=O) groups excluding carboxylic acids is 2. The SMILES string of the molecule is CCc1cccc2c(C(=O)[C@@H](OC(=O)CC3CCCC3)c3ccccc3)c[nH]c12. The number of hydrogen-bond donors (Lipinski definition) is 1. The van der Waals surface area contributed by atoms with Crippen molar-refractivity contribution in [3.63, 3.8) is 0 Å². The lowest BCUT2D eigenvalue weighted by Crippen LogP contribution is -2.21. The number of hydrogen-bond acceptors (Lipinski definition) is 3. The van der Waals surface area contributed by atoms with Crippen LogP contribution in [0.5, 0.6) is 0 Å². The second-order valence-corrected chi connectivity index (χ2v) is 7.90. The Morgan fingerprint density at radius 3 is 2.55 bits per heavy atom. The van der Waals surface area contributed by atoms with Crippen LogP contribution >= 0.6 is 0 Å². The highest BCUT2D eigenvalue weighted by Gasteiger charge is 2.29. The van der Waals surface area contributed by atoms with Crippen molar-refractivity contribution < 1.29 is 14.3 Å². The number of H-pyrrole nitrogens is 1. The van der Waals surface area contributed by atoms with Gasteiger partial charge in [0.05, 0.1) is 0 Å². The van der Waals surface area contributed by atoms with Gasteiger partial charge in [-0.05, 0) is 30.7 Å². The van der Waals surface area contributed by atoms with Crippen molar-refractivity contribution in [2.45, 2.75) is 51.6 Å². The molecule has 150 valence electrons. The maximum absolute atomic E-state index is 13.5. The van der Waals surface area contributed by atoms with Gasteiger partial charge in [-0.1, -0.05) is 68.3 Å². The number of fused-ring (bicyclic) bond motifs is 1. The molecule has 1 saturated carbocycles. The van der Waals surface area contributed by atoms with Crippen molar-refractivity contribution in [1.82, 2.24) is 4.98 Å². The Morgan fingerprint density at radius 2 is 1.83 bits per heavy atom. The van der Waals surface area contributed by atoms with Crippen molar-refractivity contribution in [3.05, 3.63) is 71.4 Å². The van der Waals surface area contributed by atoms with Crippen molar-refractivity contribution in [1.29, 1.82) is 0 Å². The third-order valence-corrected chi connectivity index (χ3v) is 5.97. The molecule has 1 heterocycles. The van der Waals surface area contributed by atoms with Gasteiger partial charge in [-0.25, -0.2) is 0 Å². The molecule has 4 rings (SSSR count). The Morgan fingerprint density at radius 1 is 1.07 bits per heavy atom. The quantitative estimate of drug-likeness (QED) is 0.412. The summed E-state index contributed by atoms with van der Waals surface area (Å²) < 4.78 is 5.79. The molecule has 1 N–H and O–H groups in total. The third kappa shape index (κ3) is 4.12.